The summed E-state index contributed by atoms with van der Waals surface area (Å²) in [7, 11) is 3.63. The Morgan fingerprint density at radius 2 is 2.00 bits per heavy atom. The second-order valence-corrected chi connectivity index (χ2v) is 4.57. The molecule has 0 aliphatic rings. The third kappa shape index (κ3) is 3.58. The van der Waals surface area contributed by atoms with Crippen LogP contribution in [0.2, 0.25) is 0 Å². The first-order chi connectivity index (χ1) is 9.22. The number of aryl methyl sites for hydroxylation is 1. The van der Waals surface area contributed by atoms with Crippen LogP contribution in [-0.2, 0) is 13.5 Å². The van der Waals surface area contributed by atoms with Gasteiger partial charge >= 0.3 is 0 Å². The Kier molecular flexibility index (Phi) is 4.58. The minimum absolute atomic E-state index is 0.283. The number of benzene rings is 1. The summed E-state index contributed by atoms with van der Waals surface area (Å²) in [5.74, 6) is 0.886. The maximum absolute atomic E-state index is 5.19. The Morgan fingerprint density at radius 3 is 2.53 bits per heavy atom. The minimum atomic E-state index is 0.283. The molecule has 0 radical (unpaired) electrons. The average Bonchev–Trinajstić information content (AvgIpc) is 2.84. The molecule has 1 heterocycles. The van der Waals surface area contributed by atoms with Gasteiger partial charge < -0.3 is 10.1 Å². The summed E-state index contributed by atoms with van der Waals surface area (Å²) in [6.07, 6.45) is 2.87. The van der Waals surface area contributed by atoms with E-state index in [0.29, 0.717) is 0 Å². The van der Waals surface area contributed by atoms with E-state index >= 15 is 0 Å². The Hall–Kier alpha value is -1.81. The van der Waals surface area contributed by atoms with Gasteiger partial charge in [0.15, 0.2) is 0 Å². The highest BCUT2D eigenvalue weighted by molar-refractivity contribution is 5.29. The van der Waals surface area contributed by atoms with Crippen molar-refractivity contribution in [3.63, 3.8) is 0 Å². The fraction of sp³-hybridized carbons (Fsp3) is 0.400. The molecule has 2 rings (SSSR count). The van der Waals surface area contributed by atoms with Crippen LogP contribution in [0.15, 0.2) is 36.5 Å². The zero-order chi connectivity index (χ0) is 13.7. The Bertz CT molecular complexity index is 504. The molecule has 1 aromatic heterocycles. The molecule has 2 aromatic rings. The lowest BCUT2D eigenvalue weighted by Crippen LogP contribution is -2.23. The van der Waals surface area contributed by atoms with Gasteiger partial charge in [0.2, 0.25) is 0 Å². The molecule has 0 saturated heterocycles. The molecule has 102 valence electrons. The quantitative estimate of drug-likeness (QED) is 0.865. The van der Waals surface area contributed by atoms with E-state index < -0.39 is 0 Å². The van der Waals surface area contributed by atoms with E-state index in [1.54, 1.807) is 7.11 Å². The van der Waals surface area contributed by atoms with Crippen molar-refractivity contribution >= 4 is 0 Å². The summed E-state index contributed by atoms with van der Waals surface area (Å²) in [4.78, 5) is 0. The lowest BCUT2D eigenvalue weighted by molar-refractivity contribution is 0.414. The molecule has 1 N–H and O–H groups in total. The van der Waals surface area contributed by atoms with E-state index in [1.165, 1.54) is 5.56 Å². The van der Waals surface area contributed by atoms with E-state index in [9.17, 15) is 0 Å². The summed E-state index contributed by atoms with van der Waals surface area (Å²) in [5.41, 5.74) is 2.36. The normalized spacial score (nSPS) is 12.4. The van der Waals surface area contributed by atoms with Gasteiger partial charge in [0.05, 0.1) is 12.8 Å². The molecule has 19 heavy (non-hydrogen) atoms. The summed E-state index contributed by atoms with van der Waals surface area (Å²) < 4.78 is 7.03. The van der Waals surface area contributed by atoms with E-state index in [-0.39, 0.29) is 6.04 Å². The third-order valence-corrected chi connectivity index (χ3v) is 3.15. The SMILES string of the molecule is CCNC(Cc1ccn(C)n1)c1ccc(OC)cc1. The highest BCUT2D eigenvalue weighted by Gasteiger charge is 2.12. The van der Waals surface area contributed by atoms with E-state index in [1.807, 2.05) is 30.1 Å². The van der Waals surface area contributed by atoms with Crippen molar-refractivity contribution in [3.8, 4) is 5.75 Å². The number of rotatable bonds is 6. The van der Waals surface area contributed by atoms with Crippen LogP contribution in [0.25, 0.3) is 0 Å². The van der Waals surface area contributed by atoms with Crippen molar-refractivity contribution in [1.82, 2.24) is 15.1 Å². The number of likely N-dealkylation sites (N-methyl/N-ethyl adjacent to an activating group) is 1. The van der Waals surface area contributed by atoms with Gasteiger partial charge in [0.25, 0.3) is 0 Å². The number of nitrogens with one attached hydrogen (secondary N) is 1. The largest absolute Gasteiger partial charge is 0.497 e. The van der Waals surface area contributed by atoms with Crippen molar-refractivity contribution in [2.24, 2.45) is 7.05 Å². The third-order valence-electron chi connectivity index (χ3n) is 3.15. The van der Waals surface area contributed by atoms with Crippen LogP contribution in [0.3, 0.4) is 0 Å². The molecular formula is C15H21N3O. The maximum Gasteiger partial charge on any atom is 0.118 e. The van der Waals surface area contributed by atoms with Crippen molar-refractivity contribution in [2.75, 3.05) is 13.7 Å². The molecule has 4 heteroatoms. The van der Waals surface area contributed by atoms with Gasteiger partial charge in [-0.1, -0.05) is 19.1 Å². The summed E-state index contributed by atoms with van der Waals surface area (Å²) in [5, 5.41) is 7.95. The van der Waals surface area contributed by atoms with Gasteiger partial charge in [-0.2, -0.15) is 5.10 Å². The first-order valence-corrected chi connectivity index (χ1v) is 6.58. The van der Waals surface area contributed by atoms with Gasteiger partial charge in [-0.05, 0) is 30.3 Å². The monoisotopic (exact) mass is 259 g/mol. The molecule has 0 saturated carbocycles. The zero-order valence-electron chi connectivity index (χ0n) is 11.8. The highest BCUT2D eigenvalue weighted by Crippen LogP contribution is 2.20. The number of hydrogen-bond donors (Lipinski definition) is 1. The predicted molar refractivity (Wildman–Crippen MR) is 76.3 cm³/mol. The summed E-state index contributed by atoms with van der Waals surface area (Å²) in [6.45, 7) is 3.05. The molecule has 0 fully saturated rings. The molecule has 0 spiro atoms. The first kappa shape index (κ1) is 13.6. The van der Waals surface area contributed by atoms with Crippen LogP contribution in [0.4, 0.5) is 0 Å². The fourth-order valence-corrected chi connectivity index (χ4v) is 2.17. The standard InChI is InChI=1S/C15H21N3O/c1-4-16-15(11-13-9-10-18(2)17-13)12-5-7-14(19-3)8-6-12/h5-10,15-16H,4,11H2,1-3H3. The fourth-order valence-electron chi connectivity index (χ4n) is 2.17. The van der Waals surface area contributed by atoms with Crippen LogP contribution in [0, 0.1) is 0 Å². The second kappa shape index (κ2) is 6.38. The zero-order valence-corrected chi connectivity index (χ0v) is 11.8. The minimum Gasteiger partial charge on any atom is -0.497 e. The van der Waals surface area contributed by atoms with Crippen LogP contribution in [0.5, 0.6) is 5.75 Å². The van der Waals surface area contributed by atoms with Gasteiger partial charge in [-0.3, -0.25) is 4.68 Å². The molecule has 1 unspecified atom stereocenters. The Labute approximate surface area is 114 Å². The number of hydrogen-bond acceptors (Lipinski definition) is 3. The molecular weight excluding hydrogens is 238 g/mol. The number of aromatic nitrogens is 2. The highest BCUT2D eigenvalue weighted by atomic mass is 16.5. The molecule has 0 aliphatic carbocycles. The van der Waals surface area contributed by atoms with Crippen molar-refractivity contribution < 1.29 is 4.74 Å². The number of methoxy groups -OCH3 is 1. The lowest BCUT2D eigenvalue weighted by atomic mass is 10.0. The molecule has 1 aromatic carbocycles. The van der Waals surface area contributed by atoms with Gasteiger partial charge in [0, 0.05) is 25.7 Å². The van der Waals surface area contributed by atoms with E-state index in [0.717, 1.165) is 24.4 Å². The molecule has 1 atom stereocenters. The number of nitrogens with zero attached hydrogens (tertiary/aromatic N) is 2. The van der Waals surface area contributed by atoms with E-state index in [2.05, 4.69) is 35.5 Å². The van der Waals surface area contributed by atoms with Crippen molar-refractivity contribution in [3.05, 3.63) is 47.8 Å². The second-order valence-electron chi connectivity index (χ2n) is 4.57. The van der Waals surface area contributed by atoms with Crippen LogP contribution in [-0.4, -0.2) is 23.4 Å². The van der Waals surface area contributed by atoms with Gasteiger partial charge in [0.1, 0.15) is 5.75 Å². The van der Waals surface area contributed by atoms with Crippen LogP contribution in [0.1, 0.15) is 24.2 Å². The van der Waals surface area contributed by atoms with Gasteiger partial charge in [-0.25, -0.2) is 0 Å². The predicted octanol–water partition coefficient (Wildman–Crippen LogP) is 2.32. The van der Waals surface area contributed by atoms with Crippen molar-refractivity contribution in [2.45, 2.75) is 19.4 Å². The van der Waals surface area contributed by atoms with E-state index in [4.69, 9.17) is 4.74 Å². The molecule has 0 bridgehead atoms. The molecule has 0 amide bonds. The Morgan fingerprint density at radius 1 is 1.26 bits per heavy atom. The summed E-state index contributed by atoms with van der Waals surface area (Å²) >= 11 is 0. The first-order valence-electron chi connectivity index (χ1n) is 6.58. The molecule has 0 aliphatic heterocycles. The average molecular weight is 259 g/mol. The van der Waals surface area contributed by atoms with Gasteiger partial charge in [-0.15, -0.1) is 0 Å². The topological polar surface area (TPSA) is 39.1 Å². The van der Waals surface area contributed by atoms with Crippen molar-refractivity contribution in [1.29, 1.82) is 0 Å². The molecule has 4 nitrogen and oxygen atoms in total. The summed E-state index contributed by atoms with van der Waals surface area (Å²) in [6, 6.07) is 10.6. The van der Waals surface area contributed by atoms with Crippen LogP contribution >= 0.6 is 0 Å². The number of ether oxygens (including phenoxy) is 1. The Balaban J connectivity index is 2.13. The van der Waals surface area contributed by atoms with Crippen LogP contribution < -0.4 is 10.1 Å². The lowest BCUT2D eigenvalue weighted by Gasteiger charge is -2.17. The maximum atomic E-state index is 5.19. The smallest absolute Gasteiger partial charge is 0.118 e.